The summed E-state index contributed by atoms with van der Waals surface area (Å²) in [5.74, 6) is -1.51. The maximum Gasteiger partial charge on any atom is 0.276 e. The van der Waals surface area contributed by atoms with Gasteiger partial charge in [0.05, 0.1) is 5.56 Å². The number of pyridine rings is 1. The highest BCUT2D eigenvalue weighted by Gasteiger charge is 2.20. The average molecular weight is 332 g/mol. The number of halogens is 1. The van der Waals surface area contributed by atoms with Gasteiger partial charge in [-0.25, -0.2) is 9.37 Å². The lowest BCUT2D eigenvalue weighted by Gasteiger charge is -2.02. The van der Waals surface area contributed by atoms with E-state index < -0.39 is 17.6 Å². The summed E-state index contributed by atoms with van der Waals surface area (Å²) in [6, 6.07) is 2.74. The summed E-state index contributed by atoms with van der Waals surface area (Å²) in [6.45, 7) is 3.62. The van der Waals surface area contributed by atoms with Crippen molar-refractivity contribution in [3.8, 4) is 0 Å². The number of thiophene rings is 1. The van der Waals surface area contributed by atoms with Crippen LogP contribution in [0, 0.1) is 19.7 Å². The quantitative estimate of drug-likeness (QED) is 0.772. The van der Waals surface area contributed by atoms with Gasteiger partial charge in [-0.15, -0.1) is 11.3 Å². The maximum absolute atomic E-state index is 13.2. The number of aromatic nitrogens is 2. The third kappa shape index (κ3) is 2.68. The summed E-state index contributed by atoms with van der Waals surface area (Å²) in [5.41, 5.74) is 6.99. The van der Waals surface area contributed by atoms with Crippen molar-refractivity contribution in [2.75, 3.05) is 5.32 Å². The van der Waals surface area contributed by atoms with E-state index in [0.29, 0.717) is 16.2 Å². The number of rotatable bonds is 3. The molecule has 0 radical (unpaired) electrons. The normalized spacial score (nSPS) is 10.9. The predicted molar refractivity (Wildman–Crippen MR) is 85.4 cm³/mol. The summed E-state index contributed by atoms with van der Waals surface area (Å²) < 4.78 is 14.6. The molecule has 0 atom stereocenters. The molecule has 3 aromatic rings. The molecular formula is C15H13FN4O2S. The van der Waals surface area contributed by atoms with Crippen LogP contribution in [-0.2, 0) is 0 Å². The van der Waals surface area contributed by atoms with Gasteiger partial charge >= 0.3 is 0 Å². The number of anilines is 1. The van der Waals surface area contributed by atoms with Crippen molar-refractivity contribution in [1.82, 2.24) is 9.38 Å². The Morgan fingerprint density at radius 3 is 2.74 bits per heavy atom. The zero-order valence-corrected chi connectivity index (χ0v) is 13.2. The SMILES string of the molecule is Cc1sc(NC(=O)c2cn3cc(F)ccc3n2)c(C(N)=O)c1C. The number of hydrogen-bond acceptors (Lipinski definition) is 4. The van der Waals surface area contributed by atoms with E-state index in [1.807, 2.05) is 6.92 Å². The lowest BCUT2D eigenvalue weighted by molar-refractivity contribution is 0.100. The van der Waals surface area contributed by atoms with Crippen molar-refractivity contribution in [2.24, 2.45) is 5.73 Å². The number of hydrogen-bond donors (Lipinski definition) is 2. The monoisotopic (exact) mass is 332 g/mol. The molecule has 0 aliphatic rings. The molecule has 6 nitrogen and oxygen atoms in total. The molecule has 0 aliphatic carbocycles. The first-order valence-electron chi connectivity index (χ1n) is 6.72. The standard InChI is InChI=1S/C15H13FN4O2S/c1-7-8(2)23-15(12(7)13(17)21)19-14(22)10-6-20-5-9(16)3-4-11(20)18-10/h3-6H,1-2H3,(H2,17,21)(H,19,22). The summed E-state index contributed by atoms with van der Waals surface area (Å²) in [4.78, 5) is 28.9. The van der Waals surface area contributed by atoms with E-state index in [2.05, 4.69) is 10.3 Å². The fraction of sp³-hybridized carbons (Fsp3) is 0.133. The molecule has 0 aromatic carbocycles. The largest absolute Gasteiger partial charge is 0.365 e. The fourth-order valence-electron chi connectivity index (χ4n) is 2.25. The van der Waals surface area contributed by atoms with Gasteiger partial charge in [0, 0.05) is 17.3 Å². The first-order chi connectivity index (χ1) is 10.9. The van der Waals surface area contributed by atoms with E-state index in [1.54, 1.807) is 6.92 Å². The van der Waals surface area contributed by atoms with Gasteiger partial charge < -0.3 is 15.5 Å². The minimum Gasteiger partial charge on any atom is -0.365 e. The number of nitrogens with zero attached hydrogens (tertiary/aromatic N) is 2. The minimum absolute atomic E-state index is 0.120. The van der Waals surface area contributed by atoms with Crippen molar-refractivity contribution in [3.05, 3.63) is 52.0 Å². The Balaban J connectivity index is 1.95. The zero-order valence-electron chi connectivity index (χ0n) is 12.4. The number of nitrogens with one attached hydrogen (secondary N) is 1. The highest BCUT2D eigenvalue weighted by Crippen LogP contribution is 2.32. The van der Waals surface area contributed by atoms with Crippen LogP contribution in [0.1, 0.15) is 31.3 Å². The van der Waals surface area contributed by atoms with Gasteiger partial charge in [0.25, 0.3) is 11.8 Å². The maximum atomic E-state index is 13.2. The number of amides is 2. The molecule has 3 N–H and O–H groups in total. The number of carbonyl (C=O) groups is 2. The molecule has 0 saturated heterocycles. The molecule has 3 heterocycles. The van der Waals surface area contributed by atoms with Crippen LogP contribution in [0.15, 0.2) is 24.5 Å². The van der Waals surface area contributed by atoms with Gasteiger partial charge in [0.15, 0.2) is 0 Å². The van der Waals surface area contributed by atoms with E-state index in [-0.39, 0.29) is 5.69 Å². The van der Waals surface area contributed by atoms with Crippen molar-refractivity contribution in [3.63, 3.8) is 0 Å². The Morgan fingerprint density at radius 2 is 2.04 bits per heavy atom. The van der Waals surface area contributed by atoms with E-state index in [0.717, 1.165) is 10.4 Å². The first-order valence-corrected chi connectivity index (χ1v) is 7.54. The van der Waals surface area contributed by atoms with Crippen LogP contribution >= 0.6 is 11.3 Å². The van der Waals surface area contributed by atoms with Crippen LogP contribution in [0.5, 0.6) is 0 Å². The molecule has 8 heteroatoms. The van der Waals surface area contributed by atoms with E-state index in [1.165, 1.54) is 40.3 Å². The van der Waals surface area contributed by atoms with Crippen LogP contribution in [0.4, 0.5) is 9.39 Å². The topological polar surface area (TPSA) is 89.5 Å². The molecule has 118 valence electrons. The molecule has 0 fully saturated rings. The first kappa shape index (κ1) is 15.2. The van der Waals surface area contributed by atoms with Crippen LogP contribution in [-0.4, -0.2) is 21.2 Å². The number of imidazole rings is 1. The van der Waals surface area contributed by atoms with Crippen LogP contribution in [0.3, 0.4) is 0 Å². The molecule has 0 unspecified atom stereocenters. The van der Waals surface area contributed by atoms with Crippen LogP contribution < -0.4 is 11.1 Å². The minimum atomic E-state index is -0.598. The van der Waals surface area contributed by atoms with Gasteiger partial charge in [-0.1, -0.05) is 0 Å². The van der Waals surface area contributed by atoms with Crippen LogP contribution in [0.2, 0.25) is 0 Å². The molecule has 2 amide bonds. The third-order valence-corrected chi connectivity index (χ3v) is 4.63. The lowest BCUT2D eigenvalue weighted by Crippen LogP contribution is -2.17. The highest BCUT2D eigenvalue weighted by atomic mass is 32.1. The highest BCUT2D eigenvalue weighted by molar-refractivity contribution is 7.16. The molecule has 0 aliphatic heterocycles. The zero-order chi connectivity index (χ0) is 16.7. The van der Waals surface area contributed by atoms with Gasteiger partial charge in [-0.2, -0.15) is 0 Å². The van der Waals surface area contributed by atoms with E-state index in [4.69, 9.17) is 5.73 Å². The Morgan fingerprint density at radius 1 is 1.30 bits per heavy atom. The van der Waals surface area contributed by atoms with Crippen molar-refractivity contribution >= 4 is 33.8 Å². The Hall–Kier alpha value is -2.74. The number of nitrogens with two attached hydrogens (primary N) is 1. The molecule has 0 spiro atoms. The van der Waals surface area contributed by atoms with Gasteiger partial charge in [-0.05, 0) is 31.5 Å². The Kier molecular flexibility index (Phi) is 3.61. The van der Waals surface area contributed by atoms with Gasteiger partial charge in [0.1, 0.15) is 22.2 Å². The molecule has 3 rings (SSSR count). The summed E-state index contributed by atoms with van der Waals surface area (Å²) in [6.07, 6.45) is 2.65. The van der Waals surface area contributed by atoms with Crippen molar-refractivity contribution in [1.29, 1.82) is 0 Å². The summed E-state index contributed by atoms with van der Waals surface area (Å²) >= 11 is 1.27. The molecule has 0 saturated carbocycles. The smallest absolute Gasteiger partial charge is 0.276 e. The molecular weight excluding hydrogens is 319 g/mol. The van der Waals surface area contributed by atoms with Crippen molar-refractivity contribution in [2.45, 2.75) is 13.8 Å². The number of aryl methyl sites for hydroxylation is 1. The number of primary amides is 1. The van der Waals surface area contributed by atoms with E-state index in [9.17, 15) is 14.0 Å². The fourth-order valence-corrected chi connectivity index (χ4v) is 3.31. The van der Waals surface area contributed by atoms with Gasteiger partial charge in [0.2, 0.25) is 0 Å². The Bertz CT molecular complexity index is 944. The number of carbonyl (C=O) groups excluding carboxylic acids is 2. The average Bonchev–Trinajstić information content (AvgIpc) is 3.00. The Labute approximate surface area is 134 Å². The van der Waals surface area contributed by atoms with Crippen LogP contribution in [0.25, 0.3) is 5.65 Å². The number of fused-ring (bicyclic) bond motifs is 1. The van der Waals surface area contributed by atoms with E-state index >= 15 is 0 Å². The molecule has 0 bridgehead atoms. The summed E-state index contributed by atoms with van der Waals surface area (Å²) in [7, 11) is 0. The second kappa shape index (κ2) is 5.47. The predicted octanol–water partition coefficient (Wildman–Crippen LogP) is 2.50. The second-order valence-corrected chi connectivity index (χ2v) is 6.27. The third-order valence-electron chi connectivity index (χ3n) is 3.51. The summed E-state index contributed by atoms with van der Waals surface area (Å²) in [5, 5.41) is 3.04. The van der Waals surface area contributed by atoms with Gasteiger partial charge in [-0.3, -0.25) is 9.59 Å². The lowest BCUT2D eigenvalue weighted by atomic mass is 10.1. The second-order valence-electron chi connectivity index (χ2n) is 5.04. The molecule has 3 aromatic heterocycles. The van der Waals surface area contributed by atoms with Crippen molar-refractivity contribution < 1.29 is 14.0 Å². The molecule has 23 heavy (non-hydrogen) atoms.